The fourth-order valence-electron chi connectivity index (χ4n) is 2.26. The van der Waals surface area contributed by atoms with Crippen molar-refractivity contribution < 1.29 is 4.74 Å². The van der Waals surface area contributed by atoms with Crippen molar-refractivity contribution >= 4 is 23.6 Å². The lowest BCUT2D eigenvalue weighted by Crippen LogP contribution is -2.15. The lowest BCUT2D eigenvalue weighted by atomic mass is 10.2. The summed E-state index contributed by atoms with van der Waals surface area (Å²) in [5, 5.41) is 9.34. The van der Waals surface area contributed by atoms with Crippen LogP contribution >= 0.6 is 23.6 Å². The first-order valence-electron chi connectivity index (χ1n) is 6.06. The molecule has 0 aliphatic carbocycles. The van der Waals surface area contributed by atoms with E-state index in [1.807, 2.05) is 4.57 Å². The molecule has 1 N–H and O–H groups in total. The van der Waals surface area contributed by atoms with E-state index in [0.717, 1.165) is 37.4 Å². The molecule has 0 unspecified atom stereocenters. The van der Waals surface area contributed by atoms with E-state index in [4.69, 9.17) is 17.0 Å². The Bertz CT molecular complexity index is 592. The summed E-state index contributed by atoms with van der Waals surface area (Å²) in [4.78, 5) is 1.28. The molecule has 0 amide bonds. The summed E-state index contributed by atoms with van der Waals surface area (Å²) >= 11 is 7.03. The van der Waals surface area contributed by atoms with Gasteiger partial charge in [-0.05, 0) is 38.0 Å². The summed E-state index contributed by atoms with van der Waals surface area (Å²) < 4.78 is 8.39. The van der Waals surface area contributed by atoms with Crippen molar-refractivity contribution in [2.24, 2.45) is 0 Å². The molecule has 2 aromatic heterocycles. The lowest BCUT2D eigenvalue weighted by Gasteiger charge is -2.11. The van der Waals surface area contributed by atoms with Crippen molar-refractivity contribution in [2.75, 3.05) is 6.61 Å². The van der Waals surface area contributed by atoms with Gasteiger partial charge in [0.1, 0.15) is 0 Å². The molecule has 0 aromatic carbocycles. The van der Waals surface area contributed by atoms with Crippen LogP contribution in [0.3, 0.4) is 0 Å². The van der Waals surface area contributed by atoms with Gasteiger partial charge in [-0.25, -0.2) is 0 Å². The Morgan fingerprint density at radius 1 is 1.67 bits per heavy atom. The highest BCUT2D eigenvalue weighted by atomic mass is 32.1. The highest BCUT2D eigenvalue weighted by Crippen LogP contribution is 2.25. The number of nitrogens with one attached hydrogen (secondary N) is 1. The predicted octanol–water partition coefficient (Wildman–Crippen LogP) is 3.16. The molecule has 1 aliphatic rings. The second-order valence-electron chi connectivity index (χ2n) is 4.54. The predicted molar refractivity (Wildman–Crippen MR) is 74.4 cm³/mol. The van der Waals surface area contributed by atoms with Crippen LogP contribution in [0.15, 0.2) is 11.4 Å². The number of aromatic amines is 1. The molecule has 2 aromatic rings. The number of rotatable bonds is 3. The van der Waals surface area contributed by atoms with Crippen LogP contribution in [0.25, 0.3) is 11.4 Å². The fraction of sp³-hybridized carbons (Fsp3) is 0.500. The third-order valence-electron chi connectivity index (χ3n) is 3.16. The first-order valence-corrected chi connectivity index (χ1v) is 7.35. The van der Waals surface area contributed by atoms with Gasteiger partial charge in [-0.15, -0.1) is 11.3 Å². The smallest absolute Gasteiger partial charge is 0.195 e. The average molecular weight is 281 g/mol. The highest BCUT2D eigenvalue weighted by Gasteiger charge is 2.19. The number of aromatic nitrogens is 3. The Labute approximate surface area is 115 Å². The number of H-pyrrole nitrogens is 1. The molecule has 96 valence electrons. The molecule has 0 saturated carbocycles. The molecule has 6 heteroatoms. The topological polar surface area (TPSA) is 42.8 Å². The van der Waals surface area contributed by atoms with Crippen LogP contribution in [-0.2, 0) is 11.3 Å². The zero-order valence-corrected chi connectivity index (χ0v) is 11.8. The molecule has 1 saturated heterocycles. The molecule has 1 fully saturated rings. The largest absolute Gasteiger partial charge is 0.376 e. The van der Waals surface area contributed by atoms with Crippen molar-refractivity contribution in [3.8, 4) is 11.4 Å². The van der Waals surface area contributed by atoms with Gasteiger partial charge in [0, 0.05) is 22.4 Å². The molecule has 0 spiro atoms. The summed E-state index contributed by atoms with van der Waals surface area (Å²) in [6, 6.07) is 2.14. The van der Waals surface area contributed by atoms with Crippen molar-refractivity contribution in [2.45, 2.75) is 32.4 Å². The van der Waals surface area contributed by atoms with Crippen molar-refractivity contribution in [3.05, 3.63) is 21.1 Å². The van der Waals surface area contributed by atoms with Gasteiger partial charge in [-0.3, -0.25) is 9.67 Å². The first kappa shape index (κ1) is 12.1. The Hall–Kier alpha value is -0.980. The molecular weight excluding hydrogens is 266 g/mol. The van der Waals surface area contributed by atoms with E-state index in [1.54, 1.807) is 11.3 Å². The van der Waals surface area contributed by atoms with Gasteiger partial charge in [0.2, 0.25) is 0 Å². The lowest BCUT2D eigenvalue weighted by molar-refractivity contribution is 0.0970. The average Bonchev–Trinajstić information content (AvgIpc) is 3.04. The van der Waals surface area contributed by atoms with Crippen LogP contribution in [0.1, 0.15) is 17.7 Å². The number of nitrogens with zero attached hydrogens (tertiary/aromatic N) is 2. The van der Waals surface area contributed by atoms with E-state index >= 15 is 0 Å². The van der Waals surface area contributed by atoms with E-state index in [1.165, 1.54) is 4.88 Å². The summed E-state index contributed by atoms with van der Waals surface area (Å²) in [6.45, 7) is 3.75. The zero-order valence-electron chi connectivity index (χ0n) is 10.2. The monoisotopic (exact) mass is 281 g/mol. The highest BCUT2D eigenvalue weighted by molar-refractivity contribution is 7.71. The summed E-state index contributed by atoms with van der Waals surface area (Å²) in [6.07, 6.45) is 2.52. The molecule has 4 nitrogen and oxygen atoms in total. The minimum Gasteiger partial charge on any atom is -0.376 e. The molecule has 3 heterocycles. The number of ether oxygens (including phenoxy) is 1. The van der Waals surface area contributed by atoms with Crippen LogP contribution in [-0.4, -0.2) is 27.5 Å². The van der Waals surface area contributed by atoms with Crippen LogP contribution in [0, 0.1) is 11.7 Å². The summed E-state index contributed by atoms with van der Waals surface area (Å²) in [5.74, 6) is 0.917. The van der Waals surface area contributed by atoms with Crippen molar-refractivity contribution in [1.82, 2.24) is 14.8 Å². The van der Waals surface area contributed by atoms with Gasteiger partial charge in [0.05, 0.1) is 12.6 Å². The third-order valence-corrected chi connectivity index (χ3v) is 4.33. The second-order valence-corrected chi connectivity index (χ2v) is 6.05. The Morgan fingerprint density at radius 2 is 2.56 bits per heavy atom. The van der Waals surface area contributed by atoms with Gasteiger partial charge >= 0.3 is 0 Å². The standard InChI is InChI=1S/C12H15N3OS2/c1-8-5-9(7-18-8)11-13-14-12(17)15(11)6-10-3-2-4-16-10/h5,7,10H,2-4,6H2,1H3,(H,14,17)/t10-/m0/s1. The third kappa shape index (κ3) is 2.28. The van der Waals surface area contributed by atoms with Crippen LogP contribution in [0.4, 0.5) is 0 Å². The minimum absolute atomic E-state index is 0.271. The van der Waals surface area contributed by atoms with E-state index in [-0.39, 0.29) is 6.10 Å². The SMILES string of the molecule is Cc1cc(-c2n[nH]c(=S)n2C[C@@H]2CCCO2)cs1. The number of thiophene rings is 1. The van der Waals surface area contributed by atoms with Crippen molar-refractivity contribution in [1.29, 1.82) is 0 Å². The van der Waals surface area contributed by atoms with Crippen LogP contribution < -0.4 is 0 Å². The maximum Gasteiger partial charge on any atom is 0.195 e. The summed E-state index contributed by atoms with van der Waals surface area (Å²) in [7, 11) is 0. The normalized spacial score (nSPS) is 19.5. The van der Waals surface area contributed by atoms with E-state index in [0.29, 0.717) is 4.77 Å². The quantitative estimate of drug-likeness (QED) is 0.879. The molecule has 0 radical (unpaired) electrons. The van der Waals surface area contributed by atoms with Gasteiger partial charge in [-0.2, -0.15) is 5.10 Å². The Morgan fingerprint density at radius 3 is 3.22 bits per heavy atom. The minimum atomic E-state index is 0.271. The Kier molecular flexibility index (Phi) is 3.32. The van der Waals surface area contributed by atoms with Crippen LogP contribution in [0.2, 0.25) is 0 Å². The maximum absolute atomic E-state index is 5.67. The zero-order chi connectivity index (χ0) is 12.5. The molecule has 18 heavy (non-hydrogen) atoms. The fourth-order valence-corrected chi connectivity index (χ4v) is 3.15. The van der Waals surface area contributed by atoms with Gasteiger partial charge in [0.25, 0.3) is 0 Å². The van der Waals surface area contributed by atoms with E-state index < -0.39 is 0 Å². The van der Waals surface area contributed by atoms with Gasteiger partial charge in [-0.1, -0.05) is 0 Å². The van der Waals surface area contributed by atoms with Crippen molar-refractivity contribution in [3.63, 3.8) is 0 Å². The molecular formula is C12H15N3OS2. The Balaban J connectivity index is 1.93. The molecule has 1 aliphatic heterocycles. The summed E-state index contributed by atoms with van der Waals surface area (Å²) in [5.41, 5.74) is 1.13. The van der Waals surface area contributed by atoms with Gasteiger partial charge < -0.3 is 4.74 Å². The maximum atomic E-state index is 5.67. The number of hydrogen-bond donors (Lipinski definition) is 1. The van der Waals surface area contributed by atoms with E-state index in [2.05, 4.69) is 28.6 Å². The van der Waals surface area contributed by atoms with Crippen LogP contribution in [0.5, 0.6) is 0 Å². The second kappa shape index (κ2) is 4.95. The molecule has 1 atom stereocenters. The molecule has 0 bridgehead atoms. The number of hydrogen-bond acceptors (Lipinski definition) is 4. The molecule has 3 rings (SSSR count). The van der Waals surface area contributed by atoms with Gasteiger partial charge in [0.15, 0.2) is 10.6 Å². The first-order chi connectivity index (χ1) is 8.74. The van der Waals surface area contributed by atoms with E-state index in [9.17, 15) is 0 Å². The number of aryl methyl sites for hydroxylation is 1.